The molecular weight excluding hydrogens is 180 g/mol. The first-order chi connectivity index (χ1) is 7.29. The van der Waals surface area contributed by atoms with Crippen molar-refractivity contribution >= 4 is 11.1 Å². The molecule has 0 heteroatoms. The monoisotopic (exact) mass is 194 g/mol. The van der Waals surface area contributed by atoms with Crippen LogP contribution >= 0.6 is 0 Å². The molecule has 0 fully saturated rings. The maximum Gasteiger partial charge on any atom is -0.00994 e. The van der Waals surface area contributed by atoms with E-state index in [1.807, 2.05) is 31.2 Å². The highest BCUT2D eigenvalue weighted by Gasteiger charge is 2.20. The second-order valence-electron chi connectivity index (χ2n) is 3.56. The van der Waals surface area contributed by atoms with E-state index in [0.717, 1.165) is 5.57 Å². The fraction of sp³-hybridized carbons (Fsp3) is 0.0667. The van der Waals surface area contributed by atoms with Gasteiger partial charge in [-0.15, -0.1) is 0 Å². The lowest BCUT2D eigenvalue weighted by Crippen LogP contribution is -1.79. The van der Waals surface area contributed by atoms with Gasteiger partial charge in [-0.3, -0.25) is 0 Å². The molecule has 0 aromatic heterocycles. The first kappa shape index (κ1) is 9.72. The predicted molar refractivity (Wildman–Crippen MR) is 67.4 cm³/mol. The molecule has 15 heavy (non-hydrogen) atoms. The smallest absolute Gasteiger partial charge is 0.00994 e. The third-order valence-corrected chi connectivity index (χ3v) is 2.70. The van der Waals surface area contributed by atoms with Gasteiger partial charge in [0.25, 0.3) is 0 Å². The molecule has 1 aromatic carbocycles. The summed E-state index contributed by atoms with van der Waals surface area (Å²) in [6, 6.07) is 8.32. The van der Waals surface area contributed by atoms with E-state index < -0.39 is 0 Å². The Balaban J connectivity index is 2.68. The van der Waals surface area contributed by atoms with Gasteiger partial charge in [-0.2, -0.15) is 0 Å². The quantitative estimate of drug-likeness (QED) is 0.661. The minimum Gasteiger partial charge on any atom is -0.0984 e. The molecule has 0 saturated heterocycles. The zero-order valence-electron chi connectivity index (χ0n) is 8.96. The minimum atomic E-state index is 1.10. The van der Waals surface area contributed by atoms with Crippen LogP contribution in [-0.4, -0.2) is 0 Å². The van der Waals surface area contributed by atoms with Crippen molar-refractivity contribution in [3.8, 4) is 0 Å². The van der Waals surface area contributed by atoms with Crippen LogP contribution in [0.1, 0.15) is 18.1 Å². The maximum absolute atomic E-state index is 4.14. The molecule has 0 saturated carbocycles. The molecule has 0 aliphatic heterocycles. The summed E-state index contributed by atoms with van der Waals surface area (Å²) in [6.45, 7) is 10.0. The van der Waals surface area contributed by atoms with E-state index in [1.165, 1.54) is 22.3 Å². The Morgan fingerprint density at radius 1 is 1.07 bits per heavy atom. The average molecular weight is 194 g/mol. The summed E-state index contributed by atoms with van der Waals surface area (Å²) in [5.74, 6) is 0. The van der Waals surface area contributed by atoms with Crippen molar-refractivity contribution in [1.29, 1.82) is 0 Å². The van der Waals surface area contributed by atoms with Crippen molar-refractivity contribution in [2.45, 2.75) is 6.92 Å². The standard InChI is InChI=1S/C15H14/c1-4-8-13-11(3)14-9-6-7-10-15(14)12(13)5-2/h4-10H,2-3H2,1H3/b8-4-. The van der Waals surface area contributed by atoms with Crippen LogP contribution in [0.25, 0.3) is 11.1 Å². The third kappa shape index (κ3) is 1.39. The predicted octanol–water partition coefficient (Wildman–Crippen LogP) is 4.23. The number of benzene rings is 1. The highest BCUT2D eigenvalue weighted by Crippen LogP contribution is 2.41. The number of hydrogen-bond acceptors (Lipinski definition) is 0. The van der Waals surface area contributed by atoms with E-state index in [2.05, 4.69) is 31.4 Å². The Labute approximate surface area is 91.0 Å². The molecule has 0 atom stereocenters. The Bertz CT molecular complexity index is 485. The second-order valence-corrected chi connectivity index (χ2v) is 3.56. The van der Waals surface area contributed by atoms with Crippen LogP contribution < -0.4 is 0 Å². The molecule has 0 amide bonds. The fourth-order valence-electron chi connectivity index (χ4n) is 2.01. The van der Waals surface area contributed by atoms with Crippen LogP contribution in [0.3, 0.4) is 0 Å². The normalized spacial score (nSPS) is 14.9. The maximum atomic E-state index is 4.14. The first-order valence-electron chi connectivity index (χ1n) is 5.08. The Hall–Kier alpha value is -1.82. The average Bonchev–Trinajstić information content (AvgIpc) is 2.54. The number of fused-ring (bicyclic) bond motifs is 1. The molecule has 0 N–H and O–H groups in total. The summed E-state index contributed by atoms with van der Waals surface area (Å²) in [4.78, 5) is 0. The molecule has 0 nitrogen and oxygen atoms in total. The molecule has 74 valence electrons. The van der Waals surface area contributed by atoms with Gasteiger partial charge in [0.05, 0.1) is 0 Å². The Kier molecular flexibility index (Phi) is 2.42. The van der Waals surface area contributed by atoms with Crippen molar-refractivity contribution in [2.24, 2.45) is 0 Å². The van der Waals surface area contributed by atoms with Gasteiger partial charge in [-0.05, 0) is 34.8 Å². The van der Waals surface area contributed by atoms with E-state index in [1.54, 1.807) is 0 Å². The fourth-order valence-corrected chi connectivity index (χ4v) is 2.01. The molecular formula is C15H14. The summed E-state index contributed by atoms with van der Waals surface area (Å²) < 4.78 is 0. The van der Waals surface area contributed by atoms with Crippen molar-refractivity contribution in [3.05, 3.63) is 72.4 Å². The van der Waals surface area contributed by atoms with E-state index in [0.29, 0.717) is 0 Å². The highest BCUT2D eigenvalue weighted by atomic mass is 14.2. The lowest BCUT2D eigenvalue weighted by Gasteiger charge is -1.99. The van der Waals surface area contributed by atoms with Gasteiger partial charge >= 0.3 is 0 Å². The Morgan fingerprint density at radius 2 is 1.73 bits per heavy atom. The van der Waals surface area contributed by atoms with Crippen LogP contribution in [0, 0.1) is 0 Å². The lowest BCUT2D eigenvalue weighted by molar-refractivity contribution is 1.60. The summed E-state index contributed by atoms with van der Waals surface area (Å²) in [6.07, 6.45) is 6.04. The number of hydrogen-bond donors (Lipinski definition) is 0. The number of rotatable bonds is 2. The topological polar surface area (TPSA) is 0 Å². The van der Waals surface area contributed by atoms with Gasteiger partial charge in [0.15, 0.2) is 0 Å². The van der Waals surface area contributed by atoms with Crippen LogP contribution in [0.4, 0.5) is 0 Å². The van der Waals surface area contributed by atoms with Gasteiger partial charge in [0.1, 0.15) is 0 Å². The first-order valence-corrected chi connectivity index (χ1v) is 5.08. The van der Waals surface area contributed by atoms with Crippen LogP contribution in [0.5, 0.6) is 0 Å². The van der Waals surface area contributed by atoms with Crippen molar-refractivity contribution < 1.29 is 0 Å². The van der Waals surface area contributed by atoms with E-state index >= 15 is 0 Å². The van der Waals surface area contributed by atoms with Gasteiger partial charge in [0, 0.05) is 0 Å². The third-order valence-electron chi connectivity index (χ3n) is 2.70. The molecule has 0 bridgehead atoms. The molecule has 0 unspecified atom stereocenters. The summed E-state index contributed by atoms with van der Waals surface area (Å²) in [5.41, 5.74) is 5.94. The highest BCUT2D eigenvalue weighted by molar-refractivity contribution is 6.03. The zero-order chi connectivity index (χ0) is 10.8. The van der Waals surface area contributed by atoms with Crippen LogP contribution in [0.15, 0.2) is 61.2 Å². The molecule has 0 heterocycles. The van der Waals surface area contributed by atoms with Gasteiger partial charge < -0.3 is 0 Å². The van der Waals surface area contributed by atoms with Crippen molar-refractivity contribution in [3.63, 3.8) is 0 Å². The molecule has 2 rings (SSSR count). The SMILES string of the molecule is C=CC1=C(/C=C\C)C(=C)c2ccccc21. The molecule has 0 radical (unpaired) electrons. The van der Waals surface area contributed by atoms with Gasteiger partial charge in [0.2, 0.25) is 0 Å². The molecule has 0 spiro atoms. The van der Waals surface area contributed by atoms with Crippen LogP contribution in [-0.2, 0) is 0 Å². The van der Waals surface area contributed by atoms with E-state index in [4.69, 9.17) is 0 Å². The summed E-state index contributed by atoms with van der Waals surface area (Å²) in [5, 5.41) is 0. The summed E-state index contributed by atoms with van der Waals surface area (Å²) >= 11 is 0. The number of allylic oxidation sites excluding steroid dienone is 6. The van der Waals surface area contributed by atoms with Crippen molar-refractivity contribution in [2.75, 3.05) is 0 Å². The second kappa shape index (κ2) is 3.74. The largest absolute Gasteiger partial charge is 0.0984 e. The zero-order valence-corrected chi connectivity index (χ0v) is 8.96. The summed E-state index contributed by atoms with van der Waals surface area (Å²) in [7, 11) is 0. The van der Waals surface area contributed by atoms with Gasteiger partial charge in [-0.1, -0.05) is 55.7 Å². The molecule has 1 aromatic rings. The molecule has 1 aliphatic rings. The van der Waals surface area contributed by atoms with Gasteiger partial charge in [-0.25, -0.2) is 0 Å². The van der Waals surface area contributed by atoms with Crippen molar-refractivity contribution in [1.82, 2.24) is 0 Å². The van der Waals surface area contributed by atoms with E-state index in [9.17, 15) is 0 Å². The lowest BCUT2D eigenvalue weighted by atomic mass is 10.0. The van der Waals surface area contributed by atoms with Crippen LogP contribution in [0.2, 0.25) is 0 Å². The Morgan fingerprint density at radius 3 is 2.33 bits per heavy atom. The van der Waals surface area contributed by atoms with E-state index in [-0.39, 0.29) is 0 Å². The minimum absolute atomic E-state index is 1.10. The molecule has 1 aliphatic carbocycles.